The second-order valence-electron chi connectivity index (χ2n) is 12.3. The quantitative estimate of drug-likeness (QED) is 0.496. The second kappa shape index (κ2) is 9.47. The summed E-state index contributed by atoms with van der Waals surface area (Å²) in [6.45, 7) is 11.2. The maximum atomic E-state index is 12.9. The molecular weight excluding hydrogens is 492 g/mol. The number of hydrogen-bond donors (Lipinski definition) is 0. The first-order valence-corrected chi connectivity index (χ1v) is 14.5. The monoisotopic (exact) mass is 530 g/mol. The van der Waals surface area contributed by atoms with Crippen molar-refractivity contribution in [2.24, 2.45) is 11.3 Å². The molecule has 9 nitrogen and oxygen atoms in total. The number of carbonyl (C=O) groups excluding carboxylic acids is 1. The number of aryl methyl sites for hydroxylation is 3. The molecule has 5 heterocycles. The lowest BCUT2D eigenvalue weighted by molar-refractivity contribution is -0.198. The van der Waals surface area contributed by atoms with Crippen LogP contribution in [0.3, 0.4) is 0 Å². The molecule has 1 aliphatic carbocycles. The van der Waals surface area contributed by atoms with Crippen molar-refractivity contribution in [3.63, 3.8) is 0 Å². The van der Waals surface area contributed by atoms with Gasteiger partial charge in [0.15, 0.2) is 5.75 Å². The average molecular weight is 531 g/mol. The highest BCUT2D eigenvalue weighted by atomic mass is 16.5. The summed E-state index contributed by atoms with van der Waals surface area (Å²) in [5, 5.41) is 4.47. The van der Waals surface area contributed by atoms with Gasteiger partial charge in [0.1, 0.15) is 11.9 Å². The molecule has 0 radical (unpaired) electrons. The van der Waals surface area contributed by atoms with E-state index in [1.165, 1.54) is 11.3 Å². The fraction of sp³-hybridized carbons (Fsp3) is 0.600. The third-order valence-electron chi connectivity index (χ3n) is 9.35. The molecule has 3 aliphatic heterocycles. The number of likely N-dealkylation sites (tertiary alicyclic amines) is 1. The molecule has 1 amide bonds. The molecule has 0 N–H and O–H groups in total. The number of rotatable bonds is 5. The van der Waals surface area contributed by atoms with E-state index in [1.807, 2.05) is 20.8 Å². The van der Waals surface area contributed by atoms with Gasteiger partial charge >= 0.3 is 0 Å². The van der Waals surface area contributed by atoms with Gasteiger partial charge in [-0.25, -0.2) is 4.98 Å². The zero-order chi connectivity index (χ0) is 26.7. The molecule has 9 heteroatoms. The first-order valence-electron chi connectivity index (χ1n) is 14.5. The summed E-state index contributed by atoms with van der Waals surface area (Å²) in [4.78, 5) is 26.4. The van der Waals surface area contributed by atoms with Crippen LogP contribution in [0.5, 0.6) is 5.75 Å². The van der Waals surface area contributed by atoms with E-state index in [0.29, 0.717) is 28.8 Å². The predicted octanol–water partition coefficient (Wildman–Crippen LogP) is 3.84. The molecule has 39 heavy (non-hydrogen) atoms. The van der Waals surface area contributed by atoms with Crippen LogP contribution in [0.2, 0.25) is 0 Å². The van der Waals surface area contributed by atoms with Gasteiger partial charge in [0, 0.05) is 37.7 Å². The molecule has 4 fully saturated rings. The number of aromatic nitrogens is 4. The Kier molecular flexibility index (Phi) is 6.02. The van der Waals surface area contributed by atoms with E-state index < -0.39 is 0 Å². The fourth-order valence-electron chi connectivity index (χ4n) is 7.04. The Morgan fingerprint density at radius 3 is 2.44 bits per heavy atom. The number of hydrogen-bond acceptors (Lipinski definition) is 7. The van der Waals surface area contributed by atoms with Crippen molar-refractivity contribution in [2.45, 2.75) is 64.9 Å². The molecule has 1 saturated carbocycles. The summed E-state index contributed by atoms with van der Waals surface area (Å²) in [5.41, 5.74) is 4.75. The van der Waals surface area contributed by atoms with E-state index in [0.717, 1.165) is 88.6 Å². The topological polar surface area (TPSA) is 85.1 Å². The van der Waals surface area contributed by atoms with Crippen molar-refractivity contribution >= 4 is 17.4 Å². The second-order valence-corrected chi connectivity index (χ2v) is 12.3. The van der Waals surface area contributed by atoms with Crippen LogP contribution in [-0.2, 0) is 9.53 Å². The number of fused-ring (bicyclic) bond motifs is 1. The standard InChI is InChI=1S/C30H38N6O3/c1-19-27(20(2)36-29(31-19)32-21(3)33-36)39-26-12-13-34(14-26)25-10-8-23(9-11-25)22-4-6-24(7-5-22)28(37)35-15-30(16-35)17-38-18-30/h8-11,22,24,26H,4-7,12-18H2,1-3H3. The zero-order valence-corrected chi connectivity index (χ0v) is 23.2. The molecule has 1 spiro atoms. The Balaban J connectivity index is 0.931. The highest BCUT2D eigenvalue weighted by molar-refractivity contribution is 5.80. The molecule has 3 saturated heterocycles. The summed E-state index contributed by atoms with van der Waals surface area (Å²) < 4.78 is 13.6. The number of amides is 1. The largest absolute Gasteiger partial charge is 0.485 e. The van der Waals surface area contributed by atoms with Crippen LogP contribution in [0.25, 0.3) is 5.78 Å². The van der Waals surface area contributed by atoms with Crippen molar-refractivity contribution in [3.05, 3.63) is 47.0 Å². The van der Waals surface area contributed by atoms with Gasteiger partial charge in [0.05, 0.1) is 36.6 Å². The molecule has 2 aromatic heterocycles. The number of nitrogens with zero attached hydrogens (tertiary/aromatic N) is 6. The molecule has 0 bridgehead atoms. The van der Waals surface area contributed by atoms with E-state index in [9.17, 15) is 4.79 Å². The Labute approximate surface area is 229 Å². The van der Waals surface area contributed by atoms with Gasteiger partial charge in [0.25, 0.3) is 5.78 Å². The smallest absolute Gasteiger partial charge is 0.253 e. The highest BCUT2D eigenvalue weighted by Crippen LogP contribution is 2.42. The van der Waals surface area contributed by atoms with Crippen molar-refractivity contribution in [1.29, 1.82) is 0 Å². The fourth-order valence-corrected chi connectivity index (χ4v) is 7.04. The van der Waals surface area contributed by atoms with Gasteiger partial charge in [-0.1, -0.05) is 12.1 Å². The van der Waals surface area contributed by atoms with Crippen LogP contribution in [0.4, 0.5) is 5.69 Å². The van der Waals surface area contributed by atoms with Gasteiger partial charge in [-0.3, -0.25) is 4.79 Å². The Hall–Kier alpha value is -3.20. The molecule has 1 unspecified atom stereocenters. The average Bonchev–Trinajstić information content (AvgIpc) is 3.51. The molecule has 3 aromatic rings. The zero-order valence-electron chi connectivity index (χ0n) is 23.2. The van der Waals surface area contributed by atoms with Gasteiger partial charge in [0.2, 0.25) is 5.91 Å². The maximum absolute atomic E-state index is 12.9. The van der Waals surface area contributed by atoms with E-state index in [2.05, 4.69) is 49.1 Å². The van der Waals surface area contributed by atoms with Crippen LogP contribution in [0, 0.1) is 32.1 Å². The van der Waals surface area contributed by atoms with Crippen molar-refractivity contribution < 1.29 is 14.3 Å². The number of anilines is 1. The third-order valence-corrected chi connectivity index (χ3v) is 9.35. The minimum Gasteiger partial charge on any atom is -0.485 e. The molecule has 7 rings (SSSR count). The normalized spacial score (nSPS) is 26.1. The lowest BCUT2D eigenvalue weighted by Crippen LogP contribution is -2.67. The highest BCUT2D eigenvalue weighted by Gasteiger charge is 2.51. The van der Waals surface area contributed by atoms with Crippen molar-refractivity contribution in [1.82, 2.24) is 24.5 Å². The molecular formula is C30H38N6O3. The lowest BCUT2D eigenvalue weighted by Gasteiger charge is -2.55. The maximum Gasteiger partial charge on any atom is 0.253 e. The molecule has 1 aromatic carbocycles. The molecule has 206 valence electrons. The Bertz CT molecular complexity index is 1380. The summed E-state index contributed by atoms with van der Waals surface area (Å²) in [7, 11) is 0. The SMILES string of the molecule is Cc1nc2nc(C)c(OC3CCN(c4ccc(C5CCC(C(=O)N6CC7(COC7)C6)CC5)cc4)C3)c(C)n2n1. The summed E-state index contributed by atoms with van der Waals surface area (Å²) in [6, 6.07) is 9.12. The van der Waals surface area contributed by atoms with Crippen LogP contribution in [0.1, 0.15) is 60.8 Å². The number of carbonyl (C=O) groups is 1. The first kappa shape index (κ1) is 24.8. The first-order chi connectivity index (χ1) is 18.9. The van der Waals surface area contributed by atoms with Crippen LogP contribution in [-0.4, -0.2) is 75.9 Å². The Morgan fingerprint density at radius 1 is 1.00 bits per heavy atom. The predicted molar refractivity (Wildman–Crippen MR) is 147 cm³/mol. The van der Waals surface area contributed by atoms with Crippen LogP contribution in [0.15, 0.2) is 24.3 Å². The minimum absolute atomic E-state index is 0.108. The Morgan fingerprint density at radius 2 is 1.74 bits per heavy atom. The third kappa shape index (κ3) is 4.44. The summed E-state index contributed by atoms with van der Waals surface area (Å²) in [6.07, 6.45) is 5.28. The van der Waals surface area contributed by atoms with E-state index in [-0.39, 0.29) is 12.0 Å². The van der Waals surface area contributed by atoms with Crippen LogP contribution >= 0.6 is 0 Å². The summed E-state index contributed by atoms with van der Waals surface area (Å²) in [5.74, 6) is 3.28. The number of benzene rings is 1. The van der Waals surface area contributed by atoms with E-state index in [1.54, 1.807) is 4.52 Å². The van der Waals surface area contributed by atoms with Gasteiger partial charge in [-0.05, 0) is 70.1 Å². The van der Waals surface area contributed by atoms with E-state index in [4.69, 9.17) is 9.47 Å². The van der Waals surface area contributed by atoms with E-state index >= 15 is 0 Å². The van der Waals surface area contributed by atoms with Crippen molar-refractivity contribution in [2.75, 3.05) is 44.3 Å². The van der Waals surface area contributed by atoms with Gasteiger partial charge in [-0.2, -0.15) is 9.50 Å². The minimum atomic E-state index is 0.108. The molecule has 1 atom stereocenters. The lowest BCUT2D eigenvalue weighted by atomic mass is 9.74. The van der Waals surface area contributed by atoms with Crippen molar-refractivity contribution in [3.8, 4) is 5.75 Å². The van der Waals surface area contributed by atoms with Crippen LogP contribution < -0.4 is 9.64 Å². The summed E-state index contributed by atoms with van der Waals surface area (Å²) >= 11 is 0. The number of ether oxygens (including phenoxy) is 2. The van der Waals surface area contributed by atoms with Gasteiger partial charge < -0.3 is 19.3 Å². The van der Waals surface area contributed by atoms with Gasteiger partial charge in [-0.15, -0.1) is 5.10 Å². The molecule has 4 aliphatic rings.